The maximum atomic E-state index is 10.2. The van der Waals surface area contributed by atoms with Gasteiger partial charge in [0, 0.05) is 11.6 Å². The van der Waals surface area contributed by atoms with Crippen molar-refractivity contribution in [2.45, 2.75) is 5.44 Å². The van der Waals surface area contributed by atoms with E-state index in [9.17, 15) is 4.21 Å². The van der Waals surface area contributed by atoms with Crippen molar-refractivity contribution in [2.75, 3.05) is 0 Å². The predicted octanol–water partition coefficient (Wildman–Crippen LogP) is 0.356. The summed E-state index contributed by atoms with van der Waals surface area (Å²) in [5.74, 6) is 0. The first kappa shape index (κ1) is 7.80. The zero-order chi connectivity index (χ0) is 7.56. The van der Waals surface area contributed by atoms with Crippen LogP contribution in [-0.2, 0) is 11.1 Å². The van der Waals surface area contributed by atoms with Gasteiger partial charge in [-0.05, 0) is 0 Å². The largest absolute Gasteiger partial charge is 0.371 e. The Balaban J connectivity index is 2.77. The molecule has 0 bridgehead atoms. The molecule has 0 aliphatic rings. The number of hydrogen-bond donors (Lipinski definition) is 2. The van der Waals surface area contributed by atoms with Gasteiger partial charge in [0.1, 0.15) is 5.01 Å². The summed E-state index contributed by atoms with van der Waals surface area (Å²) in [6.07, 6.45) is 1.47. The first-order chi connectivity index (χ1) is 4.72. The van der Waals surface area contributed by atoms with Gasteiger partial charge in [-0.25, -0.2) is 9.19 Å². The van der Waals surface area contributed by atoms with Crippen molar-refractivity contribution in [1.82, 2.24) is 4.98 Å². The number of nitrogens with zero attached hydrogens (tertiary/aromatic N) is 1. The van der Waals surface area contributed by atoms with Crippen LogP contribution in [0.3, 0.4) is 0 Å². The Morgan fingerprint density at radius 3 is 2.90 bits per heavy atom. The van der Waals surface area contributed by atoms with Crippen LogP contribution in [0.2, 0.25) is 0 Å². The van der Waals surface area contributed by atoms with Crippen LogP contribution in [0.4, 0.5) is 0 Å². The number of hydrogen-bond acceptors (Lipinski definition) is 4. The maximum Gasteiger partial charge on any atom is 0.206 e. The Morgan fingerprint density at radius 1 is 1.80 bits per heavy atom. The fourth-order valence-corrected chi connectivity index (χ4v) is 1.59. The molecule has 1 aromatic rings. The summed E-state index contributed by atoms with van der Waals surface area (Å²) in [7, 11) is 0. The molecule has 4 nitrogen and oxygen atoms in total. The lowest BCUT2D eigenvalue weighted by molar-refractivity contribution is 0.251. The van der Waals surface area contributed by atoms with Gasteiger partial charge >= 0.3 is 0 Å². The highest BCUT2D eigenvalue weighted by Gasteiger charge is 2.15. The number of aliphatic hydroxyl groups is 1. The van der Waals surface area contributed by atoms with Gasteiger partial charge in [0.25, 0.3) is 0 Å². The van der Waals surface area contributed by atoms with Gasteiger partial charge in [0.15, 0.2) is 11.1 Å². The van der Waals surface area contributed by atoms with Gasteiger partial charge in [-0.3, -0.25) is 0 Å². The second kappa shape index (κ2) is 3.20. The number of aromatic nitrogens is 1. The smallest absolute Gasteiger partial charge is 0.206 e. The minimum Gasteiger partial charge on any atom is -0.371 e. The lowest BCUT2D eigenvalue weighted by Crippen LogP contribution is -2.02. The molecule has 1 heterocycles. The predicted molar refractivity (Wildman–Crippen MR) is 37.8 cm³/mol. The maximum absolute atomic E-state index is 10.2. The molecule has 2 unspecified atom stereocenters. The van der Waals surface area contributed by atoms with Crippen molar-refractivity contribution in [3.8, 4) is 0 Å². The Morgan fingerprint density at radius 2 is 2.50 bits per heavy atom. The summed E-state index contributed by atoms with van der Waals surface area (Å²) in [6, 6.07) is 0. The Hall–Kier alpha value is -0.300. The van der Waals surface area contributed by atoms with E-state index in [1.807, 2.05) is 0 Å². The summed E-state index contributed by atoms with van der Waals surface area (Å²) in [4.78, 5) is 3.65. The second-order valence-corrected chi connectivity index (χ2v) is 3.42. The van der Waals surface area contributed by atoms with Crippen LogP contribution in [0.5, 0.6) is 0 Å². The fraction of sp³-hybridized carbons (Fsp3) is 0.250. The zero-order valence-electron chi connectivity index (χ0n) is 4.80. The number of aliphatic hydroxyl groups excluding tert-OH is 1. The normalized spacial score (nSPS) is 16.6. The van der Waals surface area contributed by atoms with Crippen LogP contribution in [0.25, 0.3) is 0 Å². The SMILES string of the molecule is O=S(O)C(O)c1nccs1. The summed E-state index contributed by atoms with van der Waals surface area (Å²) in [5, 5.41) is 10.8. The Labute approximate surface area is 63.8 Å². The average molecular weight is 179 g/mol. The van der Waals surface area contributed by atoms with Crippen LogP contribution in [0.15, 0.2) is 11.6 Å². The highest BCUT2D eigenvalue weighted by molar-refractivity contribution is 7.79. The van der Waals surface area contributed by atoms with E-state index in [0.29, 0.717) is 0 Å². The quantitative estimate of drug-likeness (QED) is 0.643. The molecule has 56 valence electrons. The van der Waals surface area contributed by atoms with Crippen molar-refractivity contribution in [3.05, 3.63) is 16.6 Å². The van der Waals surface area contributed by atoms with Crippen molar-refractivity contribution < 1.29 is 13.9 Å². The first-order valence-electron chi connectivity index (χ1n) is 2.39. The highest BCUT2D eigenvalue weighted by atomic mass is 32.2. The van der Waals surface area contributed by atoms with Crippen LogP contribution in [-0.4, -0.2) is 18.9 Å². The molecular weight excluding hydrogens is 174 g/mol. The molecule has 0 aromatic carbocycles. The Bertz CT molecular complexity index is 222. The van der Waals surface area contributed by atoms with Gasteiger partial charge in [0.05, 0.1) is 0 Å². The third-order valence-corrected chi connectivity index (χ3v) is 2.44. The van der Waals surface area contributed by atoms with E-state index >= 15 is 0 Å². The van der Waals surface area contributed by atoms with E-state index in [4.69, 9.17) is 9.66 Å². The standard InChI is InChI=1S/C4H5NO3S2/c6-4(10(7)8)3-5-1-2-9-3/h1-2,4,6H,(H,7,8). The van der Waals surface area contributed by atoms with Crippen molar-refractivity contribution >= 4 is 22.4 Å². The molecule has 2 atom stereocenters. The van der Waals surface area contributed by atoms with E-state index in [2.05, 4.69) is 4.98 Å². The summed E-state index contributed by atoms with van der Waals surface area (Å²) in [5.41, 5.74) is -1.36. The molecule has 0 spiro atoms. The number of thiazole rings is 1. The van der Waals surface area contributed by atoms with Gasteiger partial charge in [-0.15, -0.1) is 11.3 Å². The lowest BCUT2D eigenvalue weighted by atomic mass is 10.7. The fourth-order valence-electron chi connectivity index (χ4n) is 0.443. The zero-order valence-corrected chi connectivity index (χ0v) is 6.43. The van der Waals surface area contributed by atoms with E-state index in [0.717, 1.165) is 11.3 Å². The lowest BCUT2D eigenvalue weighted by Gasteiger charge is -1.98. The van der Waals surface area contributed by atoms with E-state index in [1.165, 1.54) is 6.20 Å². The average Bonchev–Trinajstić information content (AvgIpc) is 2.36. The van der Waals surface area contributed by atoms with Crippen LogP contribution in [0, 0.1) is 0 Å². The van der Waals surface area contributed by atoms with Crippen LogP contribution < -0.4 is 0 Å². The van der Waals surface area contributed by atoms with E-state index in [-0.39, 0.29) is 5.01 Å². The van der Waals surface area contributed by atoms with Crippen molar-refractivity contribution in [2.24, 2.45) is 0 Å². The molecule has 0 saturated carbocycles. The Kier molecular flexibility index (Phi) is 2.50. The monoisotopic (exact) mass is 179 g/mol. The van der Waals surface area contributed by atoms with Crippen molar-refractivity contribution in [3.63, 3.8) is 0 Å². The minimum absolute atomic E-state index is 0.265. The molecule has 0 saturated heterocycles. The molecular formula is C4H5NO3S2. The minimum atomic E-state index is -2.24. The molecule has 0 amide bonds. The summed E-state index contributed by atoms with van der Waals surface area (Å²) >= 11 is -1.09. The molecule has 1 rings (SSSR count). The highest BCUT2D eigenvalue weighted by Crippen LogP contribution is 2.16. The van der Waals surface area contributed by atoms with E-state index in [1.54, 1.807) is 5.38 Å². The molecule has 0 fully saturated rings. The van der Waals surface area contributed by atoms with Crippen LogP contribution >= 0.6 is 11.3 Å². The molecule has 0 radical (unpaired) electrons. The molecule has 1 aromatic heterocycles. The third-order valence-electron chi connectivity index (χ3n) is 0.854. The second-order valence-electron chi connectivity index (χ2n) is 1.50. The topological polar surface area (TPSA) is 70.4 Å². The number of rotatable bonds is 2. The summed E-state index contributed by atoms with van der Waals surface area (Å²) in [6.45, 7) is 0. The van der Waals surface area contributed by atoms with Gasteiger partial charge < -0.3 is 9.66 Å². The first-order valence-corrected chi connectivity index (χ1v) is 4.44. The van der Waals surface area contributed by atoms with E-state index < -0.39 is 16.5 Å². The molecule has 6 heteroatoms. The molecule has 0 aliphatic heterocycles. The van der Waals surface area contributed by atoms with Gasteiger partial charge in [-0.1, -0.05) is 0 Å². The van der Waals surface area contributed by atoms with Crippen molar-refractivity contribution in [1.29, 1.82) is 0 Å². The third kappa shape index (κ3) is 1.60. The van der Waals surface area contributed by atoms with Crippen LogP contribution in [0.1, 0.15) is 10.4 Å². The molecule has 2 N–H and O–H groups in total. The molecule has 10 heavy (non-hydrogen) atoms. The molecule has 0 aliphatic carbocycles. The summed E-state index contributed by atoms with van der Waals surface area (Å²) < 4.78 is 18.6. The van der Waals surface area contributed by atoms with Gasteiger partial charge in [-0.2, -0.15) is 0 Å². The van der Waals surface area contributed by atoms with Gasteiger partial charge in [0.2, 0.25) is 5.44 Å².